The van der Waals surface area contributed by atoms with Crippen LogP contribution in [0.2, 0.25) is 0 Å². The highest BCUT2D eigenvalue weighted by Crippen LogP contribution is 2.60. The van der Waals surface area contributed by atoms with Crippen LogP contribution in [0.1, 0.15) is 56.7 Å². The van der Waals surface area contributed by atoms with Gasteiger partial charge < -0.3 is 15.4 Å². The number of amides is 4. The number of nitrogens with one attached hydrogen (secondary N) is 2. The normalized spacial score (nSPS) is 33.2. The van der Waals surface area contributed by atoms with Gasteiger partial charge in [0.05, 0.1) is 12.8 Å². The van der Waals surface area contributed by atoms with Crippen LogP contribution >= 0.6 is 11.3 Å². The monoisotopic (exact) mass is 494 g/mol. The van der Waals surface area contributed by atoms with Gasteiger partial charge in [0.15, 0.2) is 5.13 Å². The molecule has 5 fully saturated rings. The van der Waals surface area contributed by atoms with Crippen molar-refractivity contribution in [2.24, 2.45) is 17.8 Å². The minimum Gasteiger partial charge on any atom is -0.497 e. The van der Waals surface area contributed by atoms with Crippen LogP contribution in [0, 0.1) is 17.8 Å². The van der Waals surface area contributed by atoms with E-state index in [-0.39, 0.29) is 12.0 Å². The van der Waals surface area contributed by atoms with Crippen molar-refractivity contribution in [3.63, 3.8) is 0 Å². The summed E-state index contributed by atoms with van der Waals surface area (Å²) >= 11 is 1.43. The highest BCUT2D eigenvalue weighted by molar-refractivity contribution is 7.14. The zero-order valence-electron chi connectivity index (χ0n) is 20.0. The number of hydrogen-bond acceptors (Lipinski definition) is 6. The number of aromatic nitrogens is 1. The predicted molar refractivity (Wildman–Crippen MR) is 131 cm³/mol. The molecule has 4 bridgehead atoms. The highest BCUT2D eigenvalue weighted by atomic mass is 32.1. The predicted octanol–water partition coefficient (Wildman–Crippen LogP) is 4.03. The standard InChI is InChI=1S/C26H30N4O4S/c1-25(18-3-5-19(34-2)6-4-18)22(32)30(24(33)29-25)13-21(31)28-23-27-20(14-35-23)26-10-15-7-16(11-26)9-17(8-15)12-26/h3-6,14-17H,7-13H2,1-2H3,(H,29,33)(H,27,28,31). The molecule has 1 aliphatic heterocycles. The molecule has 2 N–H and O–H groups in total. The Balaban J connectivity index is 1.13. The second-order valence-electron chi connectivity index (χ2n) is 11.0. The maximum absolute atomic E-state index is 13.2. The Labute approximate surface area is 208 Å². The van der Waals surface area contributed by atoms with E-state index in [2.05, 4.69) is 16.0 Å². The maximum atomic E-state index is 13.2. The summed E-state index contributed by atoms with van der Waals surface area (Å²) in [7, 11) is 1.56. The van der Waals surface area contributed by atoms with E-state index in [0.717, 1.165) is 28.3 Å². The number of ether oxygens (including phenoxy) is 1. The van der Waals surface area contributed by atoms with Gasteiger partial charge >= 0.3 is 6.03 Å². The summed E-state index contributed by atoms with van der Waals surface area (Å²) < 4.78 is 5.17. The second-order valence-corrected chi connectivity index (χ2v) is 11.8. The molecule has 0 radical (unpaired) electrons. The van der Waals surface area contributed by atoms with Crippen LogP contribution in [0.15, 0.2) is 29.6 Å². The molecular weight excluding hydrogens is 464 g/mol. The smallest absolute Gasteiger partial charge is 0.325 e. The first-order valence-electron chi connectivity index (χ1n) is 12.3. The molecule has 4 amide bonds. The second kappa shape index (κ2) is 8.05. The third kappa shape index (κ3) is 3.71. The lowest BCUT2D eigenvalue weighted by Gasteiger charge is -2.56. The Morgan fingerprint density at radius 3 is 2.37 bits per heavy atom. The zero-order chi connectivity index (χ0) is 24.4. The number of carbonyl (C=O) groups excluding carboxylic acids is 3. The van der Waals surface area contributed by atoms with E-state index in [4.69, 9.17) is 9.72 Å². The van der Waals surface area contributed by atoms with E-state index in [1.54, 1.807) is 38.3 Å². The Kier molecular flexibility index (Phi) is 5.18. The highest BCUT2D eigenvalue weighted by Gasteiger charge is 2.53. The maximum Gasteiger partial charge on any atom is 0.325 e. The SMILES string of the molecule is COc1ccc(C2(C)NC(=O)N(CC(=O)Nc3nc(C45CC6CC(CC(C6)C4)C5)cs3)C2=O)cc1. The van der Waals surface area contributed by atoms with Gasteiger partial charge in [-0.1, -0.05) is 12.1 Å². The quantitative estimate of drug-likeness (QED) is 0.591. The van der Waals surface area contributed by atoms with Crippen LogP contribution in [0.25, 0.3) is 0 Å². The lowest BCUT2D eigenvalue weighted by Crippen LogP contribution is -2.48. The lowest BCUT2D eigenvalue weighted by atomic mass is 9.49. The van der Waals surface area contributed by atoms with Crippen molar-refractivity contribution in [3.05, 3.63) is 40.9 Å². The Morgan fingerprint density at radius 1 is 1.14 bits per heavy atom. The molecule has 4 aliphatic carbocycles. The Bertz CT molecular complexity index is 1160. The van der Waals surface area contributed by atoms with Crippen molar-refractivity contribution in [2.45, 2.75) is 56.4 Å². The molecule has 9 heteroatoms. The van der Waals surface area contributed by atoms with Crippen molar-refractivity contribution >= 4 is 34.3 Å². The molecule has 7 rings (SSSR count). The van der Waals surface area contributed by atoms with E-state index in [1.165, 1.54) is 49.9 Å². The fourth-order valence-corrected chi connectivity index (χ4v) is 8.11. The fourth-order valence-electron chi connectivity index (χ4n) is 7.26. The topological polar surface area (TPSA) is 101 Å². The Morgan fingerprint density at radius 2 is 1.77 bits per heavy atom. The molecule has 5 aliphatic rings. The van der Waals surface area contributed by atoms with Gasteiger partial charge in [0.1, 0.15) is 17.8 Å². The Hall–Kier alpha value is -2.94. The molecule has 1 aromatic heterocycles. The zero-order valence-corrected chi connectivity index (χ0v) is 20.8. The number of benzene rings is 1. The molecule has 1 aromatic carbocycles. The lowest BCUT2D eigenvalue weighted by molar-refractivity contribution is -0.133. The molecule has 1 atom stereocenters. The van der Waals surface area contributed by atoms with Gasteiger partial charge in [-0.25, -0.2) is 9.78 Å². The largest absolute Gasteiger partial charge is 0.497 e. The first-order chi connectivity index (χ1) is 16.8. The summed E-state index contributed by atoms with van der Waals surface area (Å²) in [5, 5.41) is 8.19. The minimum atomic E-state index is -1.24. The summed E-state index contributed by atoms with van der Waals surface area (Å²) in [6.07, 6.45) is 7.74. The van der Waals surface area contributed by atoms with Crippen molar-refractivity contribution in [2.75, 3.05) is 19.0 Å². The van der Waals surface area contributed by atoms with Crippen LogP contribution in [0.3, 0.4) is 0 Å². The number of thiazole rings is 1. The van der Waals surface area contributed by atoms with Crippen LogP contribution in [-0.4, -0.2) is 41.4 Å². The molecule has 1 unspecified atom stereocenters. The molecule has 0 spiro atoms. The van der Waals surface area contributed by atoms with Crippen LogP contribution < -0.4 is 15.4 Å². The first-order valence-corrected chi connectivity index (χ1v) is 13.2. The molecule has 8 nitrogen and oxygen atoms in total. The molecule has 1 saturated heterocycles. The van der Waals surface area contributed by atoms with E-state index in [0.29, 0.717) is 16.4 Å². The molecule has 35 heavy (non-hydrogen) atoms. The third-order valence-electron chi connectivity index (χ3n) is 8.58. The van der Waals surface area contributed by atoms with Gasteiger partial charge in [-0.2, -0.15) is 0 Å². The van der Waals surface area contributed by atoms with Crippen LogP contribution in [0.5, 0.6) is 5.75 Å². The van der Waals surface area contributed by atoms with E-state index >= 15 is 0 Å². The van der Waals surface area contributed by atoms with Crippen molar-refractivity contribution in [1.29, 1.82) is 0 Å². The van der Waals surface area contributed by atoms with Gasteiger partial charge in [-0.05, 0) is 80.9 Å². The number of hydrogen-bond donors (Lipinski definition) is 2. The number of methoxy groups -OCH3 is 1. The summed E-state index contributed by atoms with van der Waals surface area (Å²) in [5.74, 6) is 2.22. The van der Waals surface area contributed by atoms with E-state index in [9.17, 15) is 14.4 Å². The molecule has 4 saturated carbocycles. The van der Waals surface area contributed by atoms with Crippen molar-refractivity contribution < 1.29 is 19.1 Å². The summed E-state index contributed by atoms with van der Waals surface area (Å²) in [4.78, 5) is 44.4. The molecule has 184 valence electrons. The van der Waals surface area contributed by atoms with Gasteiger partial charge in [-0.15, -0.1) is 11.3 Å². The van der Waals surface area contributed by atoms with Gasteiger partial charge in [-0.3, -0.25) is 14.5 Å². The number of rotatable bonds is 6. The van der Waals surface area contributed by atoms with E-state index < -0.39 is 23.4 Å². The third-order valence-corrected chi connectivity index (χ3v) is 9.33. The summed E-state index contributed by atoms with van der Waals surface area (Å²) in [5.41, 5.74) is 0.661. The van der Waals surface area contributed by atoms with Gasteiger partial charge in [0.2, 0.25) is 5.91 Å². The minimum absolute atomic E-state index is 0.166. The average Bonchev–Trinajstić information content (AvgIpc) is 3.38. The first kappa shape index (κ1) is 22.5. The van der Waals surface area contributed by atoms with E-state index in [1.807, 2.05) is 0 Å². The number of imide groups is 1. The summed E-state index contributed by atoms with van der Waals surface area (Å²) in [6.45, 7) is 1.29. The number of anilines is 1. The van der Waals surface area contributed by atoms with Crippen molar-refractivity contribution in [3.8, 4) is 5.75 Å². The van der Waals surface area contributed by atoms with Gasteiger partial charge in [0, 0.05) is 10.8 Å². The summed E-state index contributed by atoms with van der Waals surface area (Å²) in [6, 6.07) is 6.36. The fraction of sp³-hybridized carbons (Fsp3) is 0.538. The van der Waals surface area contributed by atoms with Gasteiger partial charge in [0.25, 0.3) is 5.91 Å². The van der Waals surface area contributed by atoms with Crippen LogP contribution in [-0.2, 0) is 20.5 Å². The number of nitrogens with zero attached hydrogens (tertiary/aromatic N) is 2. The number of urea groups is 1. The van der Waals surface area contributed by atoms with Crippen LogP contribution in [0.4, 0.5) is 9.93 Å². The number of carbonyl (C=O) groups is 3. The average molecular weight is 495 g/mol. The van der Waals surface area contributed by atoms with Crippen molar-refractivity contribution in [1.82, 2.24) is 15.2 Å². The molecular formula is C26H30N4O4S. The molecule has 2 heterocycles. The molecule has 2 aromatic rings.